The van der Waals surface area contributed by atoms with E-state index in [0.29, 0.717) is 12.3 Å². The standard InChI is InChI=1S/C15H17NO3/c1-12-5-3-6-13(11-12)18-9-10-19-15(17)14-7-4-8-16(14)2/h3-8,11H,9-10H2,1-2H3. The molecule has 1 aromatic carbocycles. The van der Waals surface area contributed by atoms with E-state index < -0.39 is 0 Å². The molecule has 100 valence electrons. The van der Waals surface area contributed by atoms with Gasteiger partial charge in [-0.15, -0.1) is 0 Å². The number of carbonyl (C=O) groups is 1. The first-order valence-electron chi connectivity index (χ1n) is 6.15. The predicted octanol–water partition coefficient (Wildman–Crippen LogP) is 2.57. The monoisotopic (exact) mass is 259 g/mol. The third kappa shape index (κ3) is 3.61. The molecule has 4 heteroatoms. The van der Waals surface area contributed by atoms with Crippen molar-refractivity contribution < 1.29 is 14.3 Å². The fourth-order valence-corrected chi connectivity index (χ4v) is 1.75. The Morgan fingerprint density at radius 2 is 2.05 bits per heavy atom. The Kier molecular flexibility index (Phi) is 4.23. The SMILES string of the molecule is Cc1cccc(OCCOC(=O)c2cccn2C)c1. The molecule has 0 aliphatic rings. The minimum absolute atomic E-state index is 0.234. The van der Waals surface area contributed by atoms with Gasteiger partial charge in [0.05, 0.1) is 0 Å². The molecule has 19 heavy (non-hydrogen) atoms. The molecule has 0 saturated heterocycles. The summed E-state index contributed by atoms with van der Waals surface area (Å²) in [5.41, 5.74) is 1.67. The van der Waals surface area contributed by atoms with Gasteiger partial charge in [-0.05, 0) is 36.8 Å². The highest BCUT2D eigenvalue weighted by atomic mass is 16.6. The lowest BCUT2D eigenvalue weighted by atomic mass is 10.2. The molecule has 1 heterocycles. The van der Waals surface area contributed by atoms with Crippen LogP contribution in [-0.4, -0.2) is 23.8 Å². The maximum atomic E-state index is 11.7. The van der Waals surface area contributed by atoms with E-state index in [9.17, 15) is 4.79 Å². The summed E-state index contributed by atoms with van der Waals surface area (Å²) in [6.45, 7) is 2.58. The number of ether oxygens (including phenoxy) is 2. The summed E-state index contributed by atoms with van der Waals surface area (Å²) in [5.74, 6) is 0.454. The van der Waals surface area contributed by atoms with Crippen LogP contribution in [0.5, 0.6) is 5.75 Å². The number of aryl methyl sites for hydroxylation is 2. The molecule has 2 rings (SSSR count). The van der Waals surface area contributed by atoms with Crippen molar-refractivity contribution in [3.8, 4) is 5.75 Å². The van der Waals surface area contributed by atoms with Gasteiger partial charge in [-0.1, -0.05) is 12.1 Å². The molecule has 4 nitrogen and oxygen atoms in total. The van der Waals surface area contributed by atoms with Crippen LogP contribution < -0.4 is 4.74 Å². The highest BCUT2D eigenvalue weighted by Crippen LogP contribution is 2.12. The quantitative estimate of drug-likeness (QED) is 0.612. The van der Waals surface area contributed by atoms with Crippen LogP contribution >= 0.6 is 0 Å². The fourth-order valence-electron chi connectivity index (χ4n) is 1.75. The van der Waals surface area contributed by atoms with Gasteiger partial charge < -0.3 is 14.0 Å². The van der Waals surface area contributed by atoms with E-state index in [2.05, 4.69) is 0 Å². The van der Waals surface area contributed by atoms with Gasteiger partial charge in [-0.25, -0.2) is 4.79 Å². The lowest BCUT2D eigenvalue weighted by molar-refractivity contribution is 0.0439. The summed E-state index contributed by atoms with van der Waals surface area (Å²) in [6.07, 6.45) is 1.81. The third-order valence-electron chi connectivity index (χ3n) is 2.73. The van der Waals surface area contributed by atoms with Crippen LogP contribution in [0.15, 0.2) is 42.6 Å². The van der Waals surface area contributed by atoms with Crippen molar-refractivity contribution in [1.29, 1.82) is 0 Å². The molecule has 0 aliphatic carbocycles. The Morgan fingerprint density at radius 3 is 2.74 bits per heavy atom. The molecule has 0 amide bonds. The second-order valence-electron chi connectivity index (χ2n) is 4.31. The summed E-state index contributed by atoms with van der Waals surface area (Å²) in [6, 6.07) is 11.3. The first-order chi connectivity index (χ1) is 9.16. The van der Waals surface area contributed by atoms with E-state index >= 15 is 0 Å². The van der Waals surface area contributed by atoms with Gasteiger partial charge >= 0.3 is 5.97 Å². The Labute approximate surface area is 112 Å². The third-order valence-corrected chi connectivity index (χ3v) is 2.73. The highest BCUT2D eigenvalue weighted by molar-refractivity contribution is 5.87. The first kappa shape index (κ1) is 13.2. The van der Waals surface area contributed by atoms with E-state index in [1.54, 1.807) is 29.9 Å². The maximum absolute atomic E-state index is 11.7. The molecule has 0 fully saturated rings. The molecule has 0 aliphatic heterocycles. The average molecular weight is 259 g/mol. The van der Waals surface area contributed by atoms with Crippen molar-refractivity contribution in [3.63, 3.8) is 0 Å². The number of aromatic nitrogens is 1. The van der Waals surface area contributed by atoms with Crippen molar-refractivity contribution in [2.45, 2.75) is 6.92 Å². The van der Waals surface area contributed by atoms with Crippen LogP contribution in [0.2, 0.25) is 0 Å². The summed E-state index contributed by atoms with van der Waals surface area (Å²) in [5, 5.41) is 0. The minimum Gasteiger partial charge on any atom is -0.490 e. The molecular weight excluding hydrogens is 242 g/mol. The van der Waals surface area contributed by atoms with Gasteiger partial charge in [0.1, 0.15) is 24.7 Å². The summed E-state index contributed by atoms with van der Waals surface area (Å²) >= 11 is 0. The van der Waals surface area contributed by atoms with Crippen molar-refractivity contribution in [1.82, 2.24) is 4.57 Å². The van der Waals surface area contributed by atoms with Crippen molar-refractivity contribution in [2.75, 3.05) is 13.2 Å². The number of carbonyl (C=O) groups excluding carboxylic acids is 1. The zero-order chi connectivity index (χ0) is 13.7. The van der Waals surface area contributed by atoms with Crippen molar-refractivity contribution in [3.05, 3.63) is 53.9 Å². The summed E-state index contributed by atoms with van der Waals surface area (Å²) < 4.78 is 12.4. The zero-order valence-corrected chi connectivity index (χ0v) is 11.1. The van der Waals surface area contributed by atoms with Crippen LogP contribution in [0.1, 0.15) is 16.1 Å². The first-order valence-corrected chi connectivity index (χ1v) is 6.15. The Bertz CT molecular complexity index is 560. The number of rotatable bonds is 5. The second kappa shape index (κ2) is 6.09. The number of esters is 1. The molecule has 2 aromatic rings. The number of hydrogen-bond donors (Lipinski definition) is 0. The maximum Gasteiger partial charge on any atom is 0.355 e. The van der Waals surface area contributed by atoms with Crippen LogP contribution in [0.25, 0.3) is 0 Å². The molecular formula is C15H17NO3. The second-order valence-corrected chi connectivity index (χ2v) is 4.31. The topological polar surface area (TPSA) is 40.5 Å². The van der Waals surface area contributed by atoms with E-state index in [0.717, 1.165) is 11.3 Å². The van der Waals surface area contributed by atoms with Crippen LogP contribution in [0.3, 0.4) is 0 Å². The largest absolute Gasteiger partial charge is 0.490 e. The fraction of sp³-hybridized carbons (Fsp3) is 0.267. The Balaban J connectivity index is 1.75. The van der Waals surface area contributed by atoms with Crippen molar-refractivity contribution in [2.24, 2.45) is 7.05 Å². The van der Waals surface area contributed by atoms with Gasteiger partial charge in [-0.2, -0.15) is 0 Å². The smallest absolute Gasteiger partial charge is 0.355 e. The highest BCUT2D eigenvalue weighted by Gasteiger charge is 2.09. The molecule has 1 aromatic heterocycles. The van der Waals surface area contributed by atoms with E-state index in [1.165, 1.54) is 0 Å². The molecule has 0 radical (unpaired) electrons. The summed E-state index contributed by atoms with van der Waals surface area (Å²) in [4.78, 5) is 11.7. The van der Waals surface area contributed by atoms with Gasteiger partial charge in [0.2, 0.25) is 0 Å². The van der Waals surface area contributed by atoms with Crippen LogP contribution in [0, 0.1) is 6.92 Å². The molecule has 0 unspecified atom stereocenters. The van der Waals surface area contributed by atoms with Gasteiger partial charge in [-0.3, -0.25) is 0 Å². The van der Waals surface area contributed by atoms with Gasteiger partial charge in [0.15, 0.2) is 0 Å². The van der Waals surface area contributed by atoms with Crippen LogP contribution in [0.4, 0.5) is 0 Å². The molecule has 0 saturated carbocycles. The van der Waals surface area contributed by atoms with E-state index in [4.69, 9.17) is 9.47 Å². The van der Waals surface area contributed by atoms with Crippen molar-refractivity contribution >= 4 is 5.97 Å². The van der Waals surface area contributed by atoms with Gasteiger partial charge in [0, 0.05) is 13.2 Å². The van der Waals surface area contributed by atoms with E-state index in [-0.39, 0.29) is 12.6 Å². The number of nitrogens with zero attached hydrogens (tertiary/aromatic N) is 1. The normalized spacial score (nSPS) is 10.2. The lowest BCUT2D eigenvalue weighted by Gasteiger charge is -2.08. The average Bonchev–Trinajstić information content (AvgIpc) is 2.81. The lowest BCUT2D eigenvalue weighted by Crippen LogP contribution is -2.14. The van der Waals surface area contributed by atoms with E-state index in [1.807, 2.05) is 31.2 Å². The Hall–Kier alpha value is -2.23. The Morgan fingerprint density at radius 1 is 1.21 bits per heavy atom. The molecule has 0 bridgehead atoms. The van der Waals surface area contributed by atoms with Gasteiger partial charge in [0.25, 0.3) is 0 Å². The predicted molar refractivity (Wildman–Crippen MR) is 72.4 cm³/mol. The minimum atomic E-state index is -0.333. The zero-order valence-electron chi connectivity index (χ0n) is 11.1. The number of benzene rings is 1. The number of hydrogen-bond acceptors (Lipinski definition) is 3. The molecule has 0 N–H and O–H groups in total. The molecule has 0 atom stereocenters. The summed E-state index contributed by atoms with van der Waals surface area (Å²) in [7, 11) is 1.81. The molecule has 0 spiro atoms. The van der Waals surface area contributed by atoms with Crippen LogP contribution in [-0.2, 0) is 11.8 Å².